The van der Waals surface area contributed by atoms with Crippen LogP contribution < -0.4 is 0 Å². The zero-order valence-electron chi connectivity index (χ0n) is 14.0. The molecule has 2 amide bonds. The summed E-state index contributed by atoms with van der Waals surface area (Å²) in [5.74, 6) is -14.0. The minimum absolute atomic E-state index is 0.0139. The van der Waals surface area contributed by atoms with E-state index in [-0.39, 0.29) is 13.1 Å². The average molecular weight is 352 g/mol. The van der Waals surface area contributed by atoms with Crippen LogP contribution >= 0.6 is 0 Å². The zero-order valence-corrected chi connectivity index (χ0v) is 14.0. The number of nitrogens with zero attached hydrogens (tertiary/aromatic N) is 2. The lowest BCUT2D eigenvalue weighted by Gasteiger charge is -2.40. The Morgan fingerprint density at radius 3 is 1.38 bits per heavy atom. The van der Waals surface area contributed by atoms with Gasteiger partial charge in [-0.3, -0.25) is 9.59 Å². The lowest BCUT2D eigenvalue weighted by Crippen LogP contribution is -2.63. The van der Waals surface area contributed by atoms with Gasteiger partial charge in [-0.2, -0.15) is 17.6 Å². The van der Waals surface area contributed by atoms with Crippen molar-refractivity contribution < 1.29 is 27.2 Å². The first kappa shape index (κ1) is 19.0. The number of halogens is 4. The van der Waals surface area contributed by atoms with Crippen LogP contribution in [-0.2, 0) is 9.59 Å². The number of hydrogen-bond acceptors (Lipinski definition) is 2. The molecule has 0 radical (unpaired) electrons. The Hall–Kier alpha value is -1.34. The molecule has 2 unspecified atom stereocenters. The predicted molar refractivity (Wildman–Crippen MR) is 79.9 cm³/mol. The van der Waals surface area contributed by atoms with Gasteiger partial charge >= 0.3 is 23.7 Å². The molecule has 0 bridgehead atoms. The number of amides is 2. The van der Waals surface area contributed by atoms with E-state index in [2.05, 4.69) is 0 Å². The Balaban J connectivity index is 2.21. The second-order valence-electron chi connectivity index (χ2n) is 6.84. The van der Waals surface area contributed by atoms with Crippen molar-refractivity contribution in [1.82, 2.24) is 9.80 Å². The minimum Gasteiger partial charge on any atom is -0.335 e. The monoisotopic (exact) mass is 352 g/mol. The molecule has 138 valence electrons. The third-order valence-corrected chi connectivity index (χ3v) is 5.06. The Morgan fingerprint density at radius 1 is 0.750 bits per heavy atom. The van der Waals surface area contributed by atoms with E-state index in [0.717, 1.165) is 22.6 Å². The molecule has 0 aromatic heterocycles. The van der Waals surface area contributed by atoms with Gasteiger partial charge in [-0.05, 0) is 52.4 Å². The van der Waals surface area contributed by atoms with Crippen molar-refractivity contribution in [3.05, 3.63) is 0 Å². The van der Waals surface area contributed by atoms with Gasteiger partial charge in [-0.15, -0.1) is 0 Å². The van der Waals surface area contributed by atoms with Crippen molar-refractivity contribution in [1.29, 1.82) is 0 Å². The lowest BCUT2D eigenvalue weighted by molar-refractivity contribution is -0.226. The SMILES string of the molecule is CC1CCCCN1C(=O)C(F)(F)C(F)(F)C(=O)N1CCCCC1C. The first-order chi connectivity index (χ1) is 11.1. The van der Waals surface area contributed by atoms with E-state index >= 15 is 0 Å². The summed E-state index contributed by atoms with van der Waals surface area (Å²) in [6.07, 6.45) is 3.49. The summed E-state index contributed by atoms with van der Waals surface area (Å²) in [7, 11) is 0. The van der Waals surface area contributed by atoms with E-state index in [0.29, 0.717) is 25.7 Å². The van der Waals surface area contributed by atoms with Crippen LogP contribution in [0.3, 0.4) is 0 Å². The Labute approximate surface area is 139 Å². The Morgan fingerprint density at radius 2 is 1.08 bits per heavy atom. The Bertz CT molecular complexity index is 454. The molecule has 0 aromatic rings. The van der Waals surface area contributed by atoms with Crippen molar-refractivity contribution in [3.8, 4) is 0 Å². The average Bonchev–Trinajstić information content (AvgIpc) is 2.54. The van der Waals surface area contributed by atoms with Crippen LogP contribution in [0.4, 0.5) is 17.6 Å². The van der Waals surface area contributed by atoms with Crippen LogP contribution in [0.1, 0.15) is 52.4 Å². The highest BCUT2D eigenvalue weighted by atomic mass is 19.3. The molecule has 0 aliphatic carbocycles. The summed E-state index contributed by atoms with van der Waals surface area (Å²) in [6, 6.07) is -1.06. The van der Waals surface area contributed by atoms with Gasteiger partial charge in [0.25, 0.3) is 0 Å². The van der Waals surface area contributed by atoms with Gasteiger partial charge in [0.1, 0.15) is 0 Å². The molecule has 24 heavy (non-hydrogen) atoms. The van der Waals surface area contributed by atoms with Crippen molar-refractivity contribution in [2.24, 2.45) is 0 Å². The van der Waals surface area contributed by atoms with Gasteiger partial charge in [0.15, 0.2) is 0 Å². The molecule has 2 atom stereocenters. The number of likely N-dealkylation sites (tertiary alicyclic amines) is 2. The molecule has 2 aliphatic rings. The second-order valence-corrected chi connectivity index (χ2v) is 6.84. The summed E-state index contributed by atoms with van der Waals surface area (Å²) >= 11 is 0. The quantitative estimate of drug-likeness (QED) is 0.733. The van der Waals surface area contributed by atoms with Crippen LogP contribution in [0.2, 0.25) is 0 Å². The maximum Gasteiger partial charge on any atom is 0.395 e. The number of alkyl halides is 4. The molecular weight excluding hydrogens is 328 g/mol. The van der Waals surface area contributed by atoms with E-state index in [4.69, 9.17) is 0 Å². The number of rotatable bonds is 3. The smallest absolute Gasteiger partial charge is 0.335 e. The fourth-order valence-corrected chi connectivity index (χ4v) is 3.43. The highest BCUT2D eigenvalue weighted by molar-refractivity contribution is 5.95. The molecule has 0 spiro atoms. The highest BCUT2D eigenvalue weighted by Gasteiger charge is 2.69. The summed E-state index contributed by atoms with van der Waals surface area (Å²) in [6.45, 7) is 3.14. The molecule has 2 fully saturated rings. The van der Waals surface area contributed by atoms with Gasteiger partial charge < -0.3 is 9.80 Å². The molecule has 4 nitrogen and oxygen atoms in total. The molecule has 0 aromatic carbocycles. The van der Waals surface area contributed by atoms with Crippen LogP contribution in [0.5, 0.6) is 0 Å². The van der Waals surface area contributed by atoms with Crippen molar-refractivity contribution >= 4 is 11.8 Å². The minimum atomic E-state index is -5.03. The fraction of sp³-hybridized carbons (Fsp3) is 0.875. The second kappa shape index (κ2) is 6.88. The normalized spacial score (nSPS) is 26.4. The molecule has 2 rings (SSSR count). The molecule has 0 N–H and O–H groups in total. The number of carbonyl (C=O) groups is 2. The zero-order chi connectivity index (χ0) is 18.1. The molecule has 0 saturated carbocycles. The van der Waals surface area contributed by atoms with Gasteiger partial charge in [-0.25, -0.2) is 0 Å². The number of hydrogen-bond donors (Lipinski definition) is 0. The Kier molecular flexibility index (Phi) is 5.44. The third-order valence-electron chi connectivity index (χ3n) is 5.06. The molecular formula is C16H24F4N2O2. The first-order valence-electron chi connectivity index (χ1n) is 8.48. The molecule has 2 heterocycles. The molecule has 2 aliphatic heterocycles. The van der Waals surface area contributed by atoms with Crippen LogP contribution in [0.15, 0.2) is 0 Å². The third kappa shape index (κ3) is 3.24. The van der Waals surface area contributed by atoms with Gasteiger partial charge in [0.2, 0.25) is 0 Å². The molecule has 8 heteroatoms. The van der Waals surface area contributed by atoms with Gasteiger partial charge in [0.05, 0.1) is 0 Å². The van der Waals surface area contributed by atoms with E-state index in [1.807, 2.05) is 0 Å². The molecule has 2 saturated heterocycles. The van der Waals surface area contributed by atoms with Crippen LogP contribution in [-0.4, -0.2) is 58.6 Å². The van der Waals surface area contributed by atoms with E-state index in [9.17, 15) is 27.2 Å². The van der Waals surface area contributed by atoms with Crippen molar-refractivity contribution in [3.63, 3.8) is 0 Å². The summed E-state index contributed by atoms with van der Waals surface area (Å²) in [4.78, 5) is 25.7. The first-order valence-corrected chi connectivity index (χ1v) is 8.48. The topological polar surface area (TPSA) is 40.6 Å². The fourth-order valence-electron chi connectivity index (χ4n) is 3.43. The van der Waals surface area contributed by atoms with Crippen LogP contribution in [0, 0.1) is 0 Å². The lowest BCUT2D eigenvalue weighted by atomic mass is 9.99. The standard InChI is InChI=1S/C16H24F4N2O2/c1-11-7-3-5-9-21(11)13(23)15(17,18)16(19,20)14(24)22-10-6-4-8-12(22)2/h11-12H,3-10H2,1-2H3. The largest absolute Gasteiger partial charge is 0.395 e. The van der Waals surface area contributed by atoms with Crippen LogP contribution in [0.25, 0.3) is 0 Å². The van der Waals surface area contributed by atoms with Crippen molar-refractivity contribution in [2.45, 2.75) is 76.3 Å². The predicted octanol–water partition coefficient (Wildman–Crippen LogP) is 3.06. The highest BCUT2D eigenvalue weighted by Crippen LogP contribution is 2.39. The van der Waals surface area contributed by atoms with E-state index in [1.165, 1.54) is 0 Å². The summed E-state index contributed by atoms with van der Waals surface area (Å²) in [5.41, 5.74) is 0. The maximum atomic E-state index is 14.3. The number of piperidine rings is 2. The van der Waals surface area contributed by atoms with Crippen molar-refractivity contribution in [2.75, 3.05) is 13.1 Å². The maximum absolute atomic E-state index is 14.3. The summed E-state index contributed by atoms with van der Waals surface area (Å²) < 4.78 is 57.2. The van der Waals surface area contributed by atoms with Gasteiger partial charge in [0, 0.05) is 25.2 Å². The van der Waals surface area contributed by atoms with E-state index in [1.54, 1.807) is 13.8 Å². The van der Waals surface area contributed by atoms with E-state index < -0.39 is 35.7 Å². The number of carbonyl (C=O) groups excluding carboxylic acids is 2. The van der Waals surface area contributed by atoms with Gasteiger partial charge in [-0.1, -0.05) is 0 Å². The summed E-state index contributed by atoms with van der Waals surface area (Å²) in [5, 5.41) is 0.